The van der Waals surface area contributed by atoms with Crippen molar-refractivity contribution in [3.8, 4) is 5.75 Å². The number of rotatable bonds is 9. The summed E-state index contributed by atoms with van der Waals surface area (Å²) < 4.78 is 15.6. The summed E-state index contributed by atoms with van der Waals surface area (Å²) in [6.07, 6.45) is 0. The van der Waals surface area contributed by atoms with Crippen molar-refractivity contribution in [1.82, 2.24) is 4.90 Å². The molecule has 0 spiro atoms. The number of hydrogen-bond acceptors (Lipinski definition) is 6. The molecule has 7 heteroatoms. The smallest absolute Gasteiger partial charge is 0.325 e. The SMILES string of the molecule is CCOC(=O)CN(COC(=O)[C@@H](C)c1ccc2cc(OC)ccc2c1)C(=O)c1ccccc1. The lowest BCUT2D eigenvalue weighted by Gasteiger charge is -2.22. The largest absolute Gasteiger partial charge is 0.497 e. The van der Waals surface area contributed by atoms with Gasteiger partial charge in [0.25, 0.3) is 5.91 Å². The van der Waals surface area contributed by atoms with E-state index in [1.165, 1.54) is 0 Å². The Kier molecular flexibility index (Phi) is 8.02. The van der Waals surface area contributed by atoms with E-state index >= 15 is 0 Å². The normalized spacial score (nSPS) is 11.5. The van der Waals surface area contributed by atoms with Crippen LogP contribution in [0.4, 0.5) is 0 Å². The van der Waals surface area contributed by atoms with Gasteiger partial charge in [-0.25, -0.2) is 0 Å². The molecule has 0 bridgehead atoms. The van der Waals surface area contributed by atoms with Gasteiger partial charge in [0.2, 0.25) is 0 Å². The summed E-state index contributed by atoms with van der Waals surface area (Å²) in [5, 5.41) is 1.96. The van der Waals surface area contributed by atoms with Gasteiger partial charge < -0.3 is 14.2 Å². The lowest BCUT2D eigenvalue weighted by molar-refractivity contribution is -0.153. The van der Waals surface area contributed by atoms with E-state index in [-0.39, 0.29) is 19.9 Å². The van der Waals surface area contributed by atoms with Crippen molar-refractivity contribution in [2.75, 3.05) is 27.0 Å². The third-order valence-corrected chi connectivity index (χ3v) is 5.22. The minimum absolute atomic E-state index is 0.191. The zero-order chi connectivity index (χ0) is 23.8. The Morgan fingerprint density at radius 3 is 2.30 bits per heavy atom. The van der Waals surface area contributed by atoms with Gasteiger partial charge in [-0.2, -0.15) is 0 Å². The zero-order valence-electron chi connectivity index (χ0n) is 18.9. The van der Waals surface area contributed by atoms with Gasteiger partial charge in [-0.1, -0.05) is 42.5 Å². The Morgan fingerprint density at radius 1 is 0.909 bits per heavy atom. The topological polar surface area (TPSA) is 82.1 Å². The van der Waals surface area contributed by atoms with Gasteiger partial charge in [-0.05, 0) is 54.4 Å². The number of carbonyl (C=O) groups is 3. The van der Waals surface area contributed by atoms with Crippen molar-refractivity contribution < 1.29 is 28.6 Å². The first-order chi connectivity index (χ1) is 15.9. The number of carbonyl (C=O) groups excluding carboxylic acids is 3. The molecule has 0 radical (unpaired) electrons. The second kappa shape index (κ2) is 11.1. The van der Waals surface area contributed by atoms with Crippen molar-refractivity contribution in [1.29, 1.82) is 0 Å². The molecule has 1 amide bonds. The van der Waals surface area contributed by atoms with Crippen LogP contribution >= 0.6 is 0 Å². The van der Waals surface area contributed by atoms with Gasteiger partial charge in [0.15, 0.2) is 6.73 Å². The highest BCUT2D eigenvalue weighted by Crippen LogP contribution is 2.26. The van der Waals surface area contributed by atoms with Gasteiger partial charge >= 0.3 is 11.9 Å². The molecule has 0 saturated heterocycles. The summed E-state index contributed by atoms with van der Waals surface area (Å²) in [5.41, 5.74) is 1.17. The van der Waals surface area contributed by atoms with Crippen LogP contribution in [-0.4, -0.2) is 49.7 Å². The lowest BCUT2D eigenvalue weighted by Crippen LogP contribution is -2.39. The molecule has 0 heterocycles. The number of methoxy groups -OCH3 is 1. The molecule has 0 saturated carbocycles. The van der Waals surface area contributed by atoms with Crippen LogP contribution in [0.5, 0.6) is 5.75 Å². The van der Waals surface area contributed by atoms with Crippen LogP contribution in [0, 0.1) is 0 Å². The van der Waals surface area contributed by atoms with E-state index in [1.807, 2.05) is 36.4 Å². The van der Waals surface area contributed by atoms with Crippen LogP contribution < -0.4 is 4.74 Å². The van der Waals surface area contributed by atoms with Crippen LogP contribution in [-0.2, 0) is 19.1 Å². The molecule has 0 aromatic heterocycles. The Morgan fingerprint density at radius 2 is 1.61 bits per heavy atom. The van der Waals surface area contributed by atoms with Crippen molar-refractivity contribution in [3.05, 3.63) is 77.9 Å². The van der Waals surface area contributed by atoms with Crippen LogP contribution in [0.2, 0.25) is 0 Å². The van der Waals surface area contributed by atoms with E-state index in [2.05, 4.69) is 0 Å². The van der Waals surface area contributed by atoms with Gasteiger partial charge in [-0.15, -0.1) is 0 Å². The molecule has 3 rings (SSSR count). The maximum absolute atomic E-state index is 12.9. The second-order valence-electron chi connectivity index (χ2n) is 7.46. The van der Waals surface area contributed by atoms with E-state index in [1.54, 1.807) is 51.3 Å². The standard InChI is InChI=1S/C26H27NO6/c1-4-32-24(28)16-27(25(29)19-8-6-5-7-9-19)17-33-26(30)18(2)20-10-11-22-15-23(31-3)13-12-21(22)14-20/h5-15,18H,4,16-17H2,1-3H3/t18-/m0/s1. The molecule has 0 aliphatic heterocycles. The third kappa shape index (κ3) is 6.10. The Labute approximate surface area is 192 Å². The van der Waals surface area contributed by atoms with Gasteiger partial charge in [0.05, 0.1) is 19.6 Å². The fourth-order valence-electron chi connectivity index (χ4n) is 3.34. The third-order valence-electron chi connectivity index (χ3n) is 5.22. The average Bonchev–Trinajstić information content (AvgIpc) is 2.85. The fraction of sp³-hybridized carbons (Fsp3) is 0.269. The second-order valence-corrected chi connectivity index (χ2v) is 7.46. The first kappa shape index (κ1) is 23.8. The van der Waals surface area contributed by atoms with Crippen LogP contribution in [0.1, 0.15) is 35.7 Å². The van der Waals surface area contributed by atoms with E-state index in [4.69, 9.17) is 14.2 Å². The minimum atomic E-state index is -0.573. The van der Waals surface area contributed by atoms with E-state index in [9.17, 15) is 14.4 Å². The number of ether oxygens (including phenoxy) is 3. The molecule has 172 valence electrons. The molecular weight excluding hydrogens is 422 g/mol. The predicted molar refractivity (Wildman–Crippen MR) is 124 cm³/mol. The molecule has 0 N–H and O–H groups in total. The maximum atomic E-state index is 12.9. The summed E-state index contributed by atoms with van der Waals surface area (Å²) in [7, 11) is 1.61. The van der Waals surface area contributed by atoms with E-state index in [0.717, 1.165) is 27.0 Å². The highest BCUT2D eigenvalue weighted by molar-refractivity contribution is 5.96. The number of fused-ring (bicyclic) bond motifs is 1. The molecule has 1 atom stereocenters. The molecule has 33 heavy (non-hydrogen) atoms. The fourth-order valence-corrected chi connectivity index (χ4v) is 3.34. The molecule has 0 unspecified atom stereocenters. The number of esters is 2. The minimum Gasteiger partial charge on any atom is -0.497 e. The molecule has 0 fully saturated rings. The van der Waals surface area contributed by atoms with Crippen molar-refractivity contribution in [3.63, 3.8) is 0 Å². The zero-order valence-corrected chi connectivity index (χ0v) is 18.9. The van der Waals surface area contributed by atoms with Crippen LogP contribution in [0.25, 0.3) is 10.8 Å². The quantitative estimate of drug-likeness (QED) is 0.360. The van der Waals surface area contributed by atoms with E-state index in [0.29, 0.717) is 5.56 Å². The molecule has 3 aromatic rings. The monoisotopic (exact) mass is 449 g/mol. The van der Waals surface area contributed by atoms with Crippen molar-refractivity contribution in [2.24, 2.45) is 0 Å². The summed E-state index contributed by atoms with van der Waals surface area (Å²) in [4.78, 5) is 38.8. The Hall–Kier alpha value is -3.87. The highest BCUT2D eigenvalue weighted by atomic mass is 16.6. The maximum Gasteiger partial charge on any atom is 0.325 e. The molecule has 0 aliphatic carbocycles. The molecular formula is C26H27NO6. The number of nitrogens with zero attached hydrogens (tertiary/aromatic N) is 1. The lowest BCUT2D eigenvalue weighted by atomic mass is 9.98. The number of amides is 1. The summed E-state index contributed by atoms with van der Waals surface area (Å²) in [6.45, 7) is 2.93. The molecule has 3 aromatic carbocycles. The predicted octanol–water partition coefficient (Wildman–Crippen LogP) is 4.16. The highest BCUT2D eigenvalue weighted by Gasteiger charge is 2.23. The summed E-state index contributed by atoms with van der Waals surface area (Å²) >= 11 is 0. The first-order valence-electron chi connectivity index (χ1n) is 10.7. The molecule has 0 aliphatic rings. The molecule has 7 nitrogen and oxygen atoms in total. The first-order valence-corrected chi connectivity index (χ1v) is 10.7. The van der Waals surface area contributed by atoms with Crippen LogP contribution in [0.15, 0.2) is 66.7 Å². The van der Waals surface area contributed by atoms with Gasteiger partial charge in [-0.3, -0.25) is 19.3 Å². The summed E-state index contributed by atoms with van der Waals surface area (Å²) in [6, 6.07) is 19.9. The number of benzene rings is 3. The van der Waals surface area contributed by atoms with Gasteiger partial charge in [0, 0.05) is 5.56 Å². The Balaban J connectivity index is 1.71. The van der Waals surface area contributed by atoms with Crippen molar-refractivity contribution >= 4 is 28.6 Å². The van der Waals surface area contributed by atoms with Crippen LogP contribution in [0.3, 0.4) is 0 Å². The van der Waals surface area contributed by atoms with Gasteiger partial charge in [0.1, 0.15) is 12.3 Å². The summed E-state index contributed by atoms with van der Waals surface area (Å²) in [5.74, 6) is -1.31. The average molecular weight is 450 g/mol. The Bertz CT molecular complexity index is 1130. The van der Waals surface area contributed by atoms with E-state index < -0.39 is 23.8 Å². The number of hydrogen-bond donors (Lipinski definition) is 0. The van der Waals surface area contributed by atoms with Crippen molar-refractivity contribution in [2.45, 2.75) is 19.8 Å².